The Morgan fingerprint density at radius 3 is 2.49 bits per heavy atom. The van der Waals surface area contributed by atoms with Gasteiger partial charge in [-0.3, -0.25) is 14.6 Å². The van der Waals surface area contributed by atoms with Crippen molar-refractivity contribution in [2.75, 3.05) is 32.0 Å². The molecule has 1 aromatic carbocycles. The third-order valence-electron chi connectivity index (χ3n) is 7.32. The fraction of sp³-hybridized carbons (Fsp3) is 0.267. The number of nitrogens with two attached hydrogens (primary N) is 1. The second-order valence-electron chi connectivity index (χ2n) is 10.6. The molecule has 0 saturated carbocycles. The fourth-order valence-corrected chi connectivity index (χ4v) is 5.08. The molecule has 0 radical (unpaired) electrons. The van der Waals surface area contributed by atoms with Crippen molar-refractivity contribution in [3.8, 4) is 11.3 Å². The first kappa shape index (κ1) is 26.7. The number of allylic oxidation sites excluding steroid dienone is 1. The number of likely N-dealkylation sites (tertiary alicyclic amines) is 1. The lowest BCUT2D eigenvalue weighted by Crippen LogP contribution is -2.67. The molecular weight excluding hydrogens is 537 g/mol. The van der Waals surface area contributed by atoms with Gasteiger partial charge in [0.25, 0.3) is 5.91 Å². The Morgan fingerprint density at radius 1 is 1.05 bits per heavy atom. The minimum Gasteiger partial charge on any atom is -0.460 e. The molecule has 11 heteroatoms. The number of nitrogens with zero attached hydrogens (tertiary/aromatic N) is 3. The van der Waals surface area contributed by atoms with Crippen LogP contribution in [0.3, 0.4) is 0 Å². The number of rotatable bonds is 7. The molecule has 41 heavy (non-hydrogen) atoms. The summed E-state index contributed by atoms with van der Waals surface area (Å²) in [5.41, 5.74) is 5.99. The molecule has 3 aromatic heterocycles. The summed E-state index contributed by atoms with van der Waals surface area (Å²) in [5, 5.41) is 0.247. The van der Waals surface area contributed by atoms with E-state index in [-0.39, 0.29) is 52.2 Å². The highest BCUT2D eigenvalue weighted by Gasteiger charge is 2.50. The molecule has 1 amide bonds. The molecule has 5 heterocycles. The number of anilines is 1. The lowest BCUT2D eigenvalue weighted by molar-refractivity contribution is -0.176. The number of furan rings is 1. The summed E-state index contributed by atoms with van der Waals surface area (Å²) >= 11 is 0. The summed E-state index contributed by atoms with van der Waals surface area (Å²) in [6.45, 7) is 2.57. The van der Waals surface area contributed by atoms with E-state index in [1.807, 2.05) is 0 Å². The van der Waals surface area contributed by atoms with Gasteiger partial charge in [-0.05, 0) is 60.2 Å². The Kier molecular flexibility index (Phi) is 6.61. The molecule has 0 unspecified atom stereocenters. The maximum Gasteiger partial charge on any atom is 0.420 e. The van der Waals surface area contributed by atoms with Crippen LogP contribution in [-0.4, -0.2) is 52.9 Å². The Labute approximate surface area is 232 Å². The molecule has 2 aliphatic rings. The molecule has 6 rings (SSSR count). The normalized spacial score (nSPS) is 16.2. The third kappa shape index (κ3) is 5.45. The number of fused-ring (bicyclic) bond motifs is 1. The van der Waals surface area contributed by atoms with Crippen molar-refractivity contribution >= 4 is 34.6 Å². The van der Waals surface area contributed by atoms with Crippen molar-refractivity contribution < 1.29 is 31.9 Å². The average molecular weight is 563 g/mol. The molecule has 8 nitrogen and oxygen atoms in total. The van der Waals surface area contributed by atoms with Crippen LogP contribution in [0.1, 0.15) is 33.7 Å². The van der Waals surface area contributed by atoms with Gasteiger partial charge in [0, 0.05) is 49.3 Å². The minimum absolute atomic E-state index is 0.0507. The van der Waals surface area contributed by atoms with Crippen LogP contribution in [0, 0.1) is 5.41 Å². The standard InChI is InChI=1S/C30H25F3N4O4/c31-30(32,33)24-11-20(25-7-3-19(13-35-25)28(39)37-14-29(15-37)16-40-17-29)9-21-10-23(41-27(21)24)6-5-22(38)4-1-18-2-8-26(34)36-12-18/h1-4,7-13H,5-6,14-17H2,(H2,34,36)/b4-1+. The van der Waals surface area contributed by atoms with E-state index in [1.54, 1.807) is 41.3 Å². The van der Waals surface area contributed by atoms with Gasteiger partial charge >= 0.3 is 6.18 Å². The van der Waals surface area contributed by atoms with E-state index >= 15 is 0 Å². The van der Waals surface area contributed by atoms with Crippen molar-refractivity contribution in [1.29, 1.82) is 0 Å². The summed E-state index contributed by atoms with van der Waals surface area (Å²) in [6, 6.07) is 10.5. The maximum absolute atomic E-state index is 14.0. The van der Waals surface area contributed by atoms with Gasteiger partial charge in [0.2, 0.25) is 0 Å². The predicted octanol–water partition coefficient (Wildman–Crippen LogP) is 5.18. The zero-order chi connectivity index (χ0) is 28.8. The average Bonchev–Trinajstić information content (AvgIpc) is 3.32. The van der Waals surface area contributed by atoms with Gasteiger partial charge in [-0.2, -0.15) is 13.2 Å². The Bertz CT molecular complexity index is 1650. The van der Waals surface area contributed by atoms with Crippen LogP contribution in [0.4, 0.5) is 19.0 Å². The van der Waals surface area contributed by atoms with Crippen LogP contribution in [0.25, 0.3) is 28.3 Å². The molecule has 2 aliphatic heterocycles. The highest BCUT2D eigenvalue weighted by molar-refractivity contribution is 5.95. The number of nitrogen functional groups attached to an aromatic ring is 1. The molecule has 2 saturated heterocycles. The van der Waals surface area contributed by atoms with Crippen molar-refractivity contribution in [3.05, 3.63) is 83.4 Å². The van der Waals surface area contributed by atoms with Crippen LogP contribution >= 0.6 is 0 Å². The SMILES string of the molecule is Nc1ccc(/C=C/C(=O)CCc2cc3cc(-c4ccc(C(=O)N5CC6(COC6)C5)cn4)cc(C(F)(F)F)c3o2)cn1. The highest BCUT2D eigenvalue weighted by atomic mass is 19.4. The first-order valence-corrected chi connectivity index (χ1v) is 13.0. The number of halogens is 3. The van der Waals surface area contributed by atoms with E-state index in [0.717, 1.165) is 6.07 Å². The van der Waals surface area contributed by atoms with Gasteiger partial charge in [0.15, 0.2) is 5.78 Å². The van der Waals surface area contributed by atoms with Crippen LogP contribution in [-0.2, 0) is 22.1 Å². The van der Waals surface area contributed by atoms with Gasteiger partial charge in [-0.25, -0.2) is 4.98 Å². The van der Waals surface area contributed by atoms with E-state index in [2.05, 4.69) is 9.97 Å². The Morgan fingerprint density at radius 2 is 1.85 bits per heavy atom. The molecule has 1 spiro atoms. The van der Waals surface area contributed by atoms with Crippen LogP contribution < -0.4 is 5.73 Å². The molecule has 0 atom stereocenters. The maximum atomic E-state index is 14.0. The number of pyridine rings is 2. The Balaban J connectivity index is 1.18. The van der Waals surface area contributed by atoms with Gasteiger partial charge in [-0.15, -0.1) is 0 Å². The minimum atomic E-state index is -4.68. The highest BCUT2D eigenvalue weighted by Crippen LogP contribution is 2.40. The number of benzene rings is 1. The first-order valence-electron chi connectivity index (χ1n) is 13.0. The smallest absolute Gasteiger partial charge is 0.420 e. The number of hydrogen-bond acceptors (Lipinski definition) is 7. The number of aryl methyl sites for hydroxylation is 1. The second-order valence-corrected chi connectivity index (χ2v) is 10.6. The van der Waals surface area contributed by atoms with Gasteiger partial charge in [0.05, 0.1) is 35.4 Å². The number of ketones is 1. The van der Waals surface area contributed by atoms with Crippen molar-refractivity contribution in [2.24, 2.45) is 5.41 Å². The van der Waals surface area contributed by atoms with Crippen molar-refractivity contribution in [1.82, 2.24) is 14.9 Å². The number of carbonyl (C=O) groups excluding carboxylic acids is 2. The van der Waals surface area contributed by atoms with E-state index in [9.17, 15) is 22.8 Å². The van der Waals surface area contributed by atoms with E-state index in [1.165, 1.54) is 24.5 Å². The van der Waals surface area contributed by atoms with E-state index in [0.29, 0.717) is 48.9 Å². The Hall–Kier alpha value is -4.51. The summed E-state index contributed by atoms with van der Waals surface area (Å²) in [5.74, 6) is 0.244. The number of carbonyl (C=O) groups is 2. The summed E-state index contributed by atoms with van der Waals surface area (Å²) in [6.07, 6.45) is 1.40. The lowest BCUT2D eigenvalue weighted by atomic mass is 9.78. The number of hydrogen-bond donors (Lipinski definition) is 1. The quantitative estimate of drug-likeness (QED) is 0.309. The number of alkyl halides is 3. The summed E-state index contributed by atoms with van der Waals surface area (Å²) in [7, 11) is 0. The molecule has 2 fully saturated rings. The van der Waals surface area contributed by atoms with Gasteiger partial charge in [-0.1, -0.05) is 0 Å². The third-order valence-corrected chi connectivity index (χ3v) is 7.32. The molecule has 4 aromatic rings. The molecule has 0 bridgehead atoms. The lowest BCUT2D eigenvalue weighted by Gasteiger charge is -2.54. The van der Waals surface area contributed by atoms with Crippen LogP contribution in [0.15, 0.2) is 65.4 Å². The van der Waals surface area contributed by atoms with Crippen LogP contribution in [0.2, 0.25) is 0 Å². The summed E-state index contributed by atoms with van der Waals surface area (Å²) < 4.78 is 52.8. The van der Waals surface area contributed by atoms with Gasteiger partial charge < -0.3 is 19.8 Å². The second kappa shape index (κ2) is 10.2. The topological polar surface area (TPSA) is 112 Å². The zero-order valence-corrected chi connectivity index (χ0v) is 21.8. The number of amides is 1. The molecule has 2 N–H and O–H groups in total. The molecular formula is C30H25F3N4O4. The van der Waals surface area contributed by atoms with Gasteiger partial charge in [0.1, 0.15) is 17.2 Å². The van der Waals surface area contributed by atoms with Crippen LogP contribution in [0.5, 0.6) is 0 Å². The fourth-order valence-electron chi connectivity index (χ4n) is 5.08. The first-order chi connectivity index (χ1) is 19.6. The monoisotopic (exact) mass is 562 g/mol. The predicted molar refractivity (Wildman–Crippen MR) is 145 cm³/mol. The van der Waals surface area contributed by atoms with Crippen molar-refractivity contribution in [2.45, 2.75) is 19.0 Å². The van der Waals surface area contributed by atoms with E-state index < -0.39 is 11.7 Å². The summed E-state index contributed by atoms with van der Waals surface area (Å²) in [4.78, 5) is 35.0. The zero-order valence-electron chi connectivity index (χ0n) is 21.8. The molecule has 0 aliphatic carbocycles. The number of aromatic nitrogens is 2. The van der Waals surface area contributed by atoms with Crippen molar-refractivity contribution in [3.63, 3.8) is 0 Å². The molecule has 210 valence electrons. The largest absolute Gasteiger partial charge is 0.460 e. The number of ether oxygens (including phenoxy) is 1. The van der Waals surface area contributed by atoms with E-state index in [4.69, 9.17) is 14.9 Å².